The van der Waals surface area contributed by atoms with Crippen LogP contribution < -0.4 is 0 Å². The first-order valence-corrected chi connectivity index (χ1v) is 4.28. The summed E-state index contributed by atoms with van der Waals surface area (Å²) in [5, 5.41) is 0. The van der Waals surface area contributed by atoms with E-state index >= 15 is 0 Å². The molecule has 0 atom stereocenters. The van der Waals surface area contributed by atoms with Crippen LogP contribution in [0.15, 0.2) is 0 Å². The van der Waals surface area contributed by atoms with E-state index in [9.17, 15) is 4.79 Å². The van der Waals surface area contributed by atoms with Gasteiger partial charge < -0.3 is 4.74 Å². The van der Waals surface area contributed by atoms with E-state index in [1.165, 1.54) is 7.11 Å². The molecule has 1 saturated heterocycles. The van der Waals surface area contributed by atoms with Gasteiger partial charge >= 0.3 is 5.97 Å². The largest absolute Gasteiger partial charge is 0.469 e. The Bertz CT molecular complexity index is 177. The lowest BCUT2D eigenvalue weighted by Crippen LogP contribution is -2.58. The molecule has 0 bridgehead atoms. The smallest absolute Gasteiger partial charge is 0.311 e. The molecule has 0 saturated carbocycles. The molecule has 0 radical (unpaired) electrons. The minimum atomic E-state index is -0.0736. The fraction of sp³-hybridized carbons (Fsp3) is 0.889. The van der Waals surface area contributed by atoms with Gasteiger partial charge in [0, 0.05) is 18.6 Å². The van der Waals surface area contributed by atoms with Gasteiger partial charge in [0.2, 0.25) is 0 Å². The Hall–Kier alpha value is -0.570. The second-order valence-corrected chi connectivity index (χ2v) is 4.30. The van der Waals surface area contributed by atoms with Crippen molar-refractivity contribution < 1.29 is 9.53 Å². The molecular formula is C9H17NO2. The van der Waals surface area contributed by atoms with Gasteiger partial charge in [0.05, 0.1) is 13.0 Å². The summed E-state index contributed by atoms with van der Waals surface area (Å²) in [6.07, 6.45) is 0. The summed E-state index contributed by atoms with van der Waals surface area (Å²) in [6.45, 7) is 8.15. The molecule has 12 heavy (non-hydrogen) atoms. The van der Waals surface area contributed by atoms with Crippen LogP contribution in [-0.4, -0.2) is 36.6 Å². The van der Waals surface area contributed by atoms with E-state index < -0.39 is 0 Å². The molecule has 0 aromatic carbocycles. The van der Waals surface area contributed by atoms with Crippen molar-refractivity contribution in [3.63, 3.8) is 0 Å². The van der Waals surface area contributed by atoms with Gasteiger partial charge in [-0.3, -0.25) is 9.69 Å². The van der Waals surface area contributed by atoms with E-state index in [1.54, 1.807) is 0 Å². The van der Waals surface area contributed by atoms with Crippen LogP contribution in [0.4, 0.5) is 0 Å². The fourth-order valence-electron chi connectivity index (χ4n) is 1.34. The molecule has 0 aromatic heterocycles. The van der Waals surface area contributed by atoms with Crippen LogP contribution >= 0.6 is 0 Å². The molecule has 0 N–H and O–H groups in total. The molecule has 1 aliphatic heterocycles. The fourth-order valence-corrected chi connectivity index (χ4v) is 1.34. The van der Waals surface area contributed by atoms with Crippen molar-refractivity contribution in [2.24, 2.45) is 5.92 Å². The molecular weight excluding hydrogens is 154 g/mol. The third-order valence-corrected chi connectivity index (χ3v) is 2.36. The average Bonchev–Trinajstić information content (AvgIpc) is 1.80. The van der Waals surface area contributed by atoms with Crippen LogP contribution in [0.1, 0.15) is 20.8 Å². The Morgan fingerprint density at radius 1 is 1.42 bits per heavy atom. The van der Waals surface area contributed by atoms with Crippen LogP contribution in [0, 0.1) is 5.92 Å². The average molecular weight is 171 g/mol. The maximum atomic E-state index is 11.0. The van der Waals surface area contributed by atoms with Gasteiger partial charge in [-0.05, 0) is 20.8 Å². The third kappa shape index (κ3) is 1.78. The molecule has 70 valence electrons. The van der Waals surface area contributed by atoms with Crippen LogP contribution in [0.2, 0.25) is 0 Å². The van der Waals surface area contributed by atoms with Crippen molar-refractivity contribution in [3.05, 3.63) is 0 Å². The SMILES string of the molecule is COC(=O)C1CN(C(C)(C)C)C1. The number of carbonyl (C=O) groups excluding carboxylic acids is 1. The number of rotatable bonds is 1. The summed E-state index contributed by atoms with van der Waals surface area (Å²) in [5.74, 6) is 0.0322. The van der Waals surface area contributed by atoms with Crippen molar-refractivity contribution in [2.45, 2.75) is 26.3 Å². The molecule has 0 aromatic rings. The molecule has 0 spiro atoms. The summed E-state index contributed by atoms with van der Waals surface area (Å²) in [4.78, 5) is 13.3. The number of hydrogen-bond donors (Lipinski definition) is 0. The maximum absolute atomic E-state index is 11.0. The molecule has 0 amide bonds. The molecule has 0 unspecified atom stereocenters. The van der Waals surface area contributed by atoms with E-state index in [4.69, 9.17) is 0 Å². The van der Waals surface area contributed by atoms with Crippen molar-refractivity contribution >= 4 is 5.97 Å². The number of methoxy groups -OCH3 is 1. The van der Waals surface area contributed by atoms with E-state index in [1.807, 2.05) is 0 Å². The Balaban J connectivity index is 2.34. The van der Waals surface area contributed by atoms with E-state index in [0.29, 0.717) is 0 Å². The van der Waals surface area contributed by atoms with Gasteiger partial charge in [-0.15, -0.1) is 0 Å². The van der Waals surface area contributed by atoms with Crippen molar-refractivity contribution in [2.75, 3.05) is 20.2 Å². The second kappa shape index (κ2) is 3.05. The third-order valence-electron chi connectivity index (χ3n) is 2.36. The van der Waals surface area contributed by atoms with Gasteiger partial charge in [0.25, 0.3) is 0 Å². The van der Waals surface area contributed by atoms with Gasteiger partial charge in [-0.2, -0.15) is 0 Å². The zero-order valence-electron chi connectivity index (χ0n) is 8.26. The summed E-state index contributed by atoms with van der Waals surface area (Å²) in [7, 11) is 1.45. The number of carbonyl (C=O) groups is 1. The van der Waals surface area contributed by atoms with E-state index in [2.05, 4.69) is 30.4 Å². The predicted molar refractivity (Wildman–Crippen MR) is 46.8 cm³/mol. The van der Waals surface area contributed by atoms with Crippen molar-refractivity contribution in [1.82, 2.24) is 4.90 Å². The first kappa shape index (κ1) is 9.52. The number of nitrogens with zero attached hydrogens (tertiary/aromatic N) is 1. The Morgan fingerprint density at radius 3 is 2.25 bits per heavy atom. The van der Waals surface area contributed by atoms with E-state index in [-0.39, 0.29) is 17.4 Å². The summed E-state index contributed by atoms with van der Waals surface area (Å²) < 4.78 is 4.65. The zero-order valence-corrected chi connectivity index (χ0v) is 8.26. The number of esters is 1. The maximum Gasteiger partial charge on any atom is 0.311 e. The van der Waals surface area contributed by atoms with Crippen molar-refractivity contribution in [1.29, 1.82) is 0 Å². The lowest BCUT2D eigenvalue weighted by Gasteiger charge is -2.46. The minimum Gasteiger partial charge on any atom is -0.469 e. The lowest BCUT2D eigenvalue weighted by atomic mass is 9.93. The first-order chi connectivity index (χ1) is 5.45. The molecule has 0 aliphatic carbocycles. The second-order valence-electron chi connectivity index (χ2n) is 4.30. The predicted octanol–water partition coefficient (Wildman–Crippen LogP) is 0.890. The Labute approximate surface area is 73.7 Å². The number of hydrogen-bond acceptors (Lipinski definition) is 3. The molecule has 3 nitrogen and oxygen atoms in total. The zero-order chi connectivity index (χ0) is 9.35. The first-order valence-electron chi connectivity index (χ1n) is 4.28. The molecule has 1 fully saturated rings. The summed E-state index contributed by atoms with van der Waals surface area (Å²) >= 11 is 0. The highest BCUT2D eigenvalue weighted by Gasteiger charge is 2.38. The van der Waals surface area contributed by atoms with Gasteiger partial charge in [0.1, 0.15) is 0 Å². The van der Waals surface area contributed by atoms with Crippen LogP contribution in [0.25, 0.3) is 0 Å². The van der Waals surface area contributed by atoms with Gasteiger partial charge in [0.15, 0.2) is 0 Å². The van der Waals surface area contributed by atoms with Crippen LogP contribution in [0.5, 0.6) is 0 Å². The monoisotopic (exact) mass is 171 g/mol. The quantitative estimate of drug-likeness (QED) is 0.549. The molecule has 1 heterocycles. The highest BCUT2D eigenvalue weighted by atomic mass is 16.5. The molecule has 3 heteroatoms. The highest BCUT2D eigenvalue weighted by Crippen LogP contribution is 2.25. The highest BCUT2D eigenvalue weighted by molar-refractivity contribution is 5.73. The van der Waals surface area contributed by atoms with Gasteiger partial charge in [-0.25, -0.2) is 0 Å². The van der Waals surface area contributed by atoms with Crippen LogP contribution in [-0.2, 0) is 9.53 Å². The molecule has 1 aliphatic rings. The summed E-state index contributed by atoms with van der Waals surface area (Å²) in [5.41, 5.74) is 0.185. The number of likely N-dealkylation sites (tertiary alicyclic amines) is 1. The lowest BCUT2D eigenvalue weighted by molar-refractivity contribution is -0.153. The normalized spacial score (nSPS) is 20.3. The number of ether oxygens (including phenoxy) is 1. The van der Waals surface area contributed by atoms with Crippen LogP contribution in [0.3, 0.4) is 0 Å². The van der Waals surface area contributed by atoms with Gasteiger partial charge in [-0.1, -0.05) is 0 Å². The minimum absolute atomic E-state index is 0.0736. The van der Waals surface area contributed by atoms with Crippen molar-refractivity contribution in [3.8, 4) is 0 Å². The topological polar surface area (TPSA) is 29.5 Å². The molecule has 1 rings (SSSR count). The van der Waals surface area contributed by atoms with E-state index in [0.717, 1.165) is 13.1 Å². The summed E-state index contributed by atoms with van der Waals surface area (Å²) in [6, 6.07) is 0. The standard InChI is InChI=1S/C9H17NO2/c1-9(2,3)10-5-7(6-10)8(11)12-4/h7H,5-6H2,1-4H3. The Kier molecular flexibility index (Phi) is 2.42. The Morgan fingerprint density at radius 2 is 1.92 bits per heavy atom.